The van der Waals surface area contributed by atoms with E-state index in [1.54, 1.807) is 36.2 Å². The molecule has 0 unspecified atom stereocenters. The Bertz CT molecular complexity index is 1060. The first-order chi connectivity index (χ1) is 12.8. The zero-order chi connectivity index (χ0) is 19.6. The molecule has 0 amide bonds. The Morgan fingerprint density at radius 3 is 2.63 bits per heavy atom. The molecule has 0 radical (unpaired) electrons. The molecule has 0 spiro atoms. The van der Waals surface area contributed by atoms with Crippen molar-refractivity contribution < 1.29 is 8.42 Å². The Morgan fingerprint density at radius 1 is 1.11 bits per heavy atom. The van der Waals surface area contributed by atoms with E-state index in [0.717, 1.165) is 16.4 Å². The summed E-state index contributed by atoms with van der Waals surface area (Å²) in [6, 6.07) is 13.4. The van der Waals surface area contributed by atoms with Crippen molar-refractivity contribution in [2.45, 2.75) is 29.7 Å². The zero-order valence-electron chi connectivity index (χ0n) is 15.9. The molecule has 7 heteroatoms. The standard InChI is InChI=1S/C20H23N3O2S2/c1-15-8-9-16(2)19(12-15)23-11-10-21-20(23)26-14-17-6-5-7-18(13-17)27(24,25)22(3)4/h5-13H,14H2,1-4H3. The van der Waals surface area contributed by atoms with Crippen LogP contribution in [0.2, 0.25) is 0 Å². The first kappa shape index (κ1) is 19.7. The fourth-order valence-corrected chi connectivity index (χ4v) is 4.59. The number of hydrogen-bond donors (Lipinski definition) is 0. The van der Waals surface area contributed by atoms with Gasteiger partial charge >= 0.3 is 0 Å². The van der Waals surface area contributed by atoms with E-state index in [0.29, 0.717) is 10.6 Å². The van der Waals surface area contributed by atoms with Crippen LogP contribution in [0.5, 0.6) is 0 Å². The first-order valence-electron chi connectivity index (χ1n) is 8.54. The van der Waals surface area contributed by atoms with Crippen LogP contribution in [-0.4, -0.2) is 36.4 Å². The number of thioether (sulfide) groups is 1. The van der Waals surface area contributed by atoms with Gasteiger partial charge in [0.1, 0.15) is 0 Å². The third kappa shape index (κ3) is 4.26. The Morgan fingerprint density at radius 2 is 1.89 bits per heavy atom. The molecular weight excluding hydrogens is 378 g/mol. The maximum Gasteiger partial charge on any atom is 0.242 e. The fraction of sp³-hybridized carbons (Fsp3) is 0.250. The molecule has 0 aliphatic rings. The lowest BCUT2D eigenvalue weighted by atomic mass is 10.1. The molecule has 142 valence electrons. The van der Waals surface area contributed by atoms with Crippen molar-refractivity contribution in [3.63, 3.8) is 0 Å². The number of hydrogen-bond acceptors (Lipinski definition) is 4. The topological polar surface area (TPSA) is 55.2 Å². The quantitative estimate of drug-likeness (QED) is 0.585. The number of imidazole rings is 1. The summed E-state index contributed by atoms with van der Waals surface area (Å²) in [5, 5.41) is 0.879. The van der Waals surface area contributed by atoms with Crippen LogP contribution in [0.25, 0.3) is 5.69 Å². The maximum atomic E-state index is 12.3. The van der Waals surface area contributed by atoms with Crippen LogP contribution in [-0.2, 0) is 15.8 Å². The number of benzene rings is 2. The second kappa shape index (κ2) is 7.88. The van der Waals surface area contributed by atoms with Crippen LogP contribution in [0.3, 0.4) is 0 Å². The second-order valence-corrected chi connectivity index (χ2v) is 9.69. The van der Waals surface area contributed by atoms with E-state index in [2.05, 4.69) is 41.6 Å². The predicted octanol–water partition coefficient (Wildman–Crippen LogP) is 4.03. The van der Waals surface area contributed by atoms with Crippen molar-refractivity contribution in [1.29, 1.82) is 0 Å². The van der Waals surface area contributed by atoms with Crippen LogP contribution in [0.15, 0.2) is 64.9 Å². The highest BCUT2D eigenvalue weighted by Gasteiger charge is 2.17. The van der Waals surface area contributed by atoms with Crippen molar-refractivity contribution in [3.8, 4) is 5.69 Å². The molecule has 0 saturated heterocycles. The van der Waals surface area contributed by atoms with Gasteiger partial charge in [-0.15, -0.1) is 0 Å². The van der Waals surface area contributed by atoms with Gasteiger partial charge in [-0.3, -0.25) is 4.57 Å². The number of aromatic nitrogens is 2. The molecule has 0 aliphatic carbocycles. The first-order valence-corrected chi connectivity index (χ1v) is 11.0. The molecule has 0 aliphatic heterocycles. The normalized spacial score (nSPS) is 11.9. The number of nitrogens with zero attached hydrogens (tertiary/aromatic N) is 3. The van der Waals surface area contributed by atoms with Crippen LogP contribution in [0.1, 0.15) is 16.7 Å². The van der Waals surface area contributed by atoms with Gasteiger partial charge in [-0.05, 0) is 48.7 Å². The maximum absolute atomic E-state index is 12.3. The highest BCUT2D eigenvalue weighted by molar-refractivity contribution is 7.98. The number of sulfonamides is 1. The predicted molar refractivity (Wildman–Crippen MR) is 110 cm³/mol. The Labute approximate surface area is 165 Å². The molecule has 3 rings (SSSR count). The SMILES string of the molecule is Cc1ccc(C)c(-n2ccnc2SCc2cccc(S(=O)(=O)N(C)C)c2)c1. The monoisotopic (exact) mass is 401 g/mol. The van der Waals surface area contributed by atoms with Gasteiger partial charge in [-0.25, -0.2) is 17.7 Å². The van der Waals surface area contributed by atoms with E-state index in [9.17, 15) is 8.42 Å². The van der Waals surface area contributed by atoms with Gasteiger partial charge in [0.2, 0.25) is 10.0 Å². The van der Waals surface area contributed by atoms with Gasteiger partial charge in [0, 0.05) is 32.2 Å². The van der Waals surface area contributed by atoms with Crippen LogP contribution in [0, 0.1) is 13.8 Å². The lowest BCUT2D eigenvalue weighted by Gasteiger charge is -2.13. The van der Waals surface area contributed by atoms with Crippen molar-refractivity contribution in [2.75, 3.05) is 14.1 Å². The minimum atomic E-state index is -3.43. The summed E-state index contributed by atoms with van der Waals surface area (Å²) in [5.74, 6) is 0.638. The van der Waals surface area contributed by atoms with E-state index >= 15 is 0 Å². The van der Waals surface area contributed by atoms with Crippen LogP contribution < -0.4 is 0 Å². The number of aryl methyl sites for hydroxylation is 2. The highest BCUT2D eigenvalue weighted by Crippen LogP contribution is 2.27. The van der Waals surface area contributed by atoms with Crippen molar-refractivity contribution in [1.82, 2.24) is 13.9 Å². The largest absolute Gasteiger partial charge is 0.295 e. The van der Waals surface area contributed by atoms with Crippen molar-refractivity contribution >= 4 is 21.8 Å². The van der Waals surface area contributed by atoms with Crippen LogP contribution in [0.4, 0.5) is 0 Å². The third-order valence-corrected chi connectivity index (χ3v) is 7.12. The summed E-state index contributed by atoms with van der Waals surface area (Å²) in [6.07, 6.45) is 3.74. The van der Waals surface area contributed by atoms with E-state index < -0.39 is 10.0 Å². The van der Waals surface area contributed by atoms with E-state index in [4.69, 9.17) is 0 Å². The average Bonchev–Trinajstić information content (AvgIpc) is 3.10. The Kier molecular flexibility index (Phi) is 5.74. The summed E-state index contributed by atoms with van der Waals surface area (Å²) in [7, 11) is -0.351. The molecule has 1 aromatic heterocycles. The van der Waals surface area contributed by atoms with Gasteiger partial charge in [-0.1, -0.05) is 36.0 Å². The molecule has 5 nitrogen and oxygen atoms in total. The molecule has 0 atom stereocenters. The van der Waals surface area contributed by atoms with Crippen molar-refractivity contribution in [3.05, 3.63) is 71.5 Å². The van der Waals surface area contributed by atoms with Crippen molar-refractivity contribution in [2.24, 2.45) is 0 Å². The van der Waals surface area contributed by atoms with E-state index in [1.165, 1.54) is 29.5 Å². The van der Waals surface area contributed by atoms with Gasteiger partial charge in [0.25, 0.3) is 0 Å². The molecule has 2 aromatic carbocycles. The minimum Gasteiger partial charge on any atom is -0.295 e. The van der Waals surface area contributed by atoms with E-state index in [-0.39, 0.29) is 0 Å². The number of rotatable bonds is 6. The molecule has 3 aromatic rings. The van der Waals surface area contributed by atoms with Gasteiger partial charge in [0.15, 0.2) is 5.16 Å². The Hall–Kier alpha value is -2.09. The molecule has 0 fully saturated rings. The summed E-state index contributed by atoms with van der Waals surface area (Å²) >= 11 is 1.59. The average molecular weight is 402 g/mol. The molecular formula is C20H23N3O2S2. The Balaban J connectivity index is 1.84. The minimum absolute atomic E-state index is 0.309. The fourth-order valence-electron chi connectivity index (χ4n) is 2.71. The van der Waals surface area contributed by atoms with Crippen LogP contribution >= 0.6 is 11.8 Å². The molecule has 27 heavy (non-hydrogen) atoms. The van der Waals surface area contributed by atoms with E-state index in [1.807, 2.05) is 12.3 Å². The third-order valence-electron chi connectivity index (χ3n) is 4.28. The summed E-state index contributed by atoms with van der Waals surface area (Å²) in [4.78, 5) is 4.79. The smallest absolute Gasteiger partial charge is 0.242 e. The molecule has 1 heterocycles. The van der Waals surface area contributed by atoms with Gasteiger partial charge in [0.05, 0.1) is 10.6 Å². The zero-order valence-corrected chi connectivity index (χ0v) is 17.5. The molecule has 0 saturated carbocycles. The highest BCUT2D eigenvalue weighted by atomic mass is 32.2. The van der Waals surface area contributed by atoms with Gasteiger partial charge in [-0.2, -0.15) is 0 Å². The molecule has 0 N–H and O–H groups in total. The summed E-state index contributed by atoms with van der Waals surface area (Å²) in [6.45, 7) is 4.15. The second-order valence-electron chi connectivity index (χ2n) is 6.59. The lowest BCUT2D eigenvalue weighted by molar-refractivity contribution is 0.520. The van der Waals surface area contributed by atoms with Gasteiger partial charge < -0.3 is 0 Å². The molecule has 0 bridgehead atoms. The summed E-state index contributed by atoms with van der Waals surface area (Å²) in [5.41, 5.74) is 4.43. The summed E-state index contributed by atoms with van der Waals surface area (Å²) < 4.78 is 28.0. The lowest BCUT2D eigenvalue weighted by Crippen LogP contribution is -2.22.